The standard InChI is InChI=1S/C18H18ClNO2.C15H15ClN2O/c1-12(2)16(21)11-13-7-6-10-15(19)17(13)18(22)20-14-8-4-3-5-9-14;1-10(17)12-8-5-9-13(16)14(12)15(19)18-11-6-3-2-4-7-11/h3-10,12H,11H2,1-2H3,(H,20,22);2-10H,17H2,1H3,(H,18,19)/t;10-/m.0/s1. The van der Waals surface area contributed by atoms with Gasteiger partial charge >= 0.3 is 0 Å². The van der Waals surface area contributed by atoms with E-state index in [1.807, 2.05) is 75.4 Å². The summed E-state index contributed by atoms with van der Waals surface area (Å²) in [6.07, 6.45) is 0.204. The van der Waals surface area contributed by atoms with Crippen LogP contribution in [0.1, 0.15) is 58.7 Å². The first-order valence-corrected chi connectivity index (χ1v) is 13.9. The highest BCUT2D eigenvalue weighted by molar-refractivity contribution is 6.35. The molecule has 0 bridgehead atoms. The molecule has 0 saturated heterocycles. The molecule has 0 heterocycles. The van der Waals surface area contributed by atoms with Gasteiger partial charge in [-0.3, -0.25) is 14.4 Å². The minimum absolute atomic E-state index is 0.0796. The predicted octanol–water partition coefficient (Wildman–Crippen LogP) is 7.97. The molecule has 0 fully saturated rings. The van der Waals surface area contributed by atoms with E-state index in [1.54, 1.807) is 42.5 Å². The van der Waals surface area contributed by atoms with Gasteiger partial charge in [0, 0.05) is 29.8 Å². The van der Waals surface area contributed by atoms with Crippen LogP contribution in [0.25, 0.3) is 0 Å². The average molecular weight is 591 g/mol. The molecule has 0 spiro atoms. The summed E-state index contributed by atoms with van der Waals surface area (Å²) in [6, 6.07) is 28.6. The van der Waals surface area contributed by atoms with E-state index in [2.05, 4.69) is 10.6 Å². The highest BCUT2D eigenvalue weighted by Crippen LogP contribution is 2.25. The van der Waals surface area contributed by atoms with Gasteiger partial charge in [0.25, 0.3) is 11.8 Å². The molecule has 1 atom stereocenters. The Morgan fingerprint density at radius 1 is 0.659 bits per heavy atom. The molecule has 8 heteroatoms. The minimum atomic E-state index is -0.302. The second-order valence-corrected chi connectivity index (χ2v) is 10.5. The fraction of sp³-hybridized carbons (Fsp3) is 0.182. The van der Waals surface area contributed by atoms with Crippen molar-refractivity contribution in [2.24, 2.45) is 11.7 Å². The highest BCUT2D eigenvalue weighted by atomic mass is 35.5. The first-order chi connectivity index (χ1) is 19.6. The molecule has 0 unspecified atom stereocenters. The van der Waals surface area contributed by atoms with Crippen LogP contribution in [0.4, 0.5) is 11.4 Å². The number of benzene rings is 4. The van der Waals surface area contributed by atoms with Crippen molar-refractivity contribution in [1.82, 2.24) is 0 Å². The van der Waals surface area contributed by atoms with Gasteiger partial charge in [-0.25, -0.2) is 0 Å². The topological polar surface area (TPSA) is 101 Å². The van der Waals surface area contributed by atoms with Crippen LogP contribution in [0.5, 0.6) is 0 Å². The Morgan fingerprint density at radius 3 is 1.61 bits per heavy atom. The molecule has 0 aliphatic rings. The zero-order valence-corrected chi connectivity index (χ0v) is 24.7. The molecule has 4 aromatic carbocycles. The normalized spacial score (nSPS) is 11.2. The largest absolute Gasteiger partial charge is 0.324 e. The van der Waals surface area contributed by atoms with Crippen LogP contribution < -0.4 is 16.4 Å². The summed E-state index contributed by atoms with van der Waals surface area (Å²) >= 11 is 12.3. The number of carbonyl (C=O) groups is 3. The molecule has 0 aliphatic heterocycles. The highest BCUT2D eigenvalue weighted by Gasteiger charge is 2.19. The van der Waals surface area contributed by atoms with Crippen LogP contribution in [-0.4, -0.2) is 17.6 Å². The van der Waals surface area contributed by atoms with E-state index in [4.69, 9.17) is 28.9 Å². The van der Waals surface area contributed by atoms with Gasteiger partial charge < -0.3 is 16.4 Å². The van der Waals surface area contributed by atoms with Gasteiger partial charge in [0.2, 0.25) is 0 Å². The second kappa shape index (κ2) is 15.1. The Morgan fingerprint density at radius 2 is 1.12 bits per heavy atom. The molecule has 4 aromatic rings. The summed E-state index contributed by atoms with van der Waals surface area (Å²) in [5.74, 6) is -0.549. The maximum atomic E-state index is 12.5. The van der Waals surface area contributed by atoms with Crippen molar-refractivity contribution < 1.29 is 14.4 Å². The summed E-state index contributed by atoms with van der Waals surface area (Å²) in [5.41, 5.74) is 9.48. The third kappa shape index (κ3) is 9.02. The number of amides is 2. The number of Topliss-reactive ketones (excluding diaryl/α,β-unsaturated/α-hetero) is 1. The monoisotopic (exact) mass is 589 g/mol. The zero-order chi connectivity index (χ0) is 29.9. The lowest BCUT2D eigenvalue weighted by Crippen LogP contribution is -2.18. The van der Waals surface area contributed by atoms with Crippen LogP contribution in [-0.2, 0) is 11.2 Å². The molecular formula is C33H33Cl2N3O3. The van der Waals surface area contributed by atoms with E-state index in [1.165, 1.54) is 0 Å². The number of para-hydroxylation sites is 2. The predicted molar refractivity (Wildman–Crippen MR) is 168 cm³/mol. The van der Waals surface area contributed by atoms with Crippen LogP contribution >= 0.6 is 23.2 Å². The van der Waals surface area contributed by atoms with Crippen LogP contribution in [0.15, 0.2) is 97.1 Å². The van der Waals surface area contributed by atoms with E-state index in [0.717, 1.165) is 11.3 Å². The summed E-state index contributed by atoms with van der Waals surface area (Å²) in [5, 5.41) is 6.38. The molecule has 2 amide bonds. The number of carbonyl (C=O) groups excluding carboxylic acids is 3. The fourth-order valence-corrected chi connectivity index (χ4v) is 4.50. The van der Waals surface area contributed by atoms with E-state index in [0.29, 0.717) is 32.4 Å². The Hall–Kier alpha value is -3.97. The Balaban J connectivity index is 0.000000228. The molecule has 0 aliphatic carbocycles. The van der Waals surface area contributed by atoms with Gasteiger partial charge in [-0.1, -0.05) is 97.7 Å². The molecule has 0 saturated carbocycles. The van der Waals surface area contributed by atoms with Gasteiger partial charge in [-0.2, -0.15) is 0 Å². The van der Waals surface area contributed by atoms with Crippen molar-refractivity contribution in [2.45, 2.75) is 33.2 Å². The SMILES string of the molecule is CC(C)C(=O)Cc1cccc(Cl)c1C(=O)Nc1ccccc1.C[C@H](N)c1cccc(Cl)c1C(=O)Nc1ccccc1. The lowest BCUT2D eigenvalue weighted by molar-refractivity contribution is -0.121. The molecule has 6 nitrogen and oxygen atoms in total. The van der Waals surface area contributed by atoms with Gasteiger partial charge in [0.05, 0.1) is 21.2 Å². The van der Waals surface area contributed by atoms with Gasteiger partial charge in [0.1, 0.15) is 5.78 Å². The third-order valence-corrected chi connectivity index (χ3v) is 6.79. The van der Waals surface area contributed by atoms with Crippen molar-refractivity contribution in [3.05, 3.63) is 129 Å². The van der Waals surface area contributed by atoms with E-state index in [9.17, 15) is 14.4 Å². The van der Waals surface area contributed by atoms with Gasteiger partial charge in [-0.05, 0) is 54.4 Å². The fourth-order valence-electron chi connectivity index (χ4n) is 3.95. The smallest absolute Gasteiger partial charge is 0.257 e. The Bertz CT molecular complexity index is 1490. The first kappa shape index (κ1) is 31.6. The number of nitrogens with one attached hydrogen (secondary N) is 2. The molecule has 0 radical (unpaired) electrons. The number of rotatable bonds is 8. The lowest BCUT2D eigenvalue weighted by atomic mass is 9.97. The summed E-state index contributed by atoms with van der Waals surface area (Å²) in [6.45, 7) is 5.51. The number of nitrogens with two attached hydrogens (primary N) is 1. The number of halogens is 2. The molecule has 4 rings (SSSR count). The molecule has 4 N–H and O–H groups in total. The van der Waals surface area contributed by atoms with Crippen molar-refractivity contribution in [1.29, 1.82) is 0 Å². The van der Waals surface area contributed by atoms with Crippen LogP contribution in [0, 0.1) is 5.92 Å². The molecule has 41 heavy (non-hydrogen) atoms. The van der Waals surface area contributed by atoms with E-state index >= 15 is 0 Å². The first-order valence-electron chi connectivity index (χ1n) is 13.1. The van der Waals surface area contributed by atoms with Crippen LogP contribution in [0.2, 0.25) is 10.0 Å². The summed E-state index contributed by atoms with van der Waals surface area (Å²) in [4.78, 5) is 36.8. The van der Waals surface area contributed by atoms with Gasteiger partial charge in [-0.15, -0.1) is 0 Å². The number of anilines is 2. The molecule has 212 valence electrons. The maximum Gasteiger partial charge on any atom is 0.257 e. The third-order valence-electron chi connectivity index (χ3n) is 6.16. The van der Waals surface area contributed by atoms with Gasteiger partial charge in [0.15, 0.2) is 0 Å². The molecule has 0 aromatic heterocycles. The zero-order valence-electron chi connectivity index (χ0n) is 23.2. The van der Waals surface area contributed by atoms with E-state index < -0.39 is 0 Å². The Kier molecular flexibility index (Phi) is 11.7. The second-order valence-electron chi connectivity index (χ2n) is 9.70. The Labute approximate surface area is 250 Å². The minimum Gasteiger partial charge on any atom is -0.324 e. The quantitative estimate of drug-likeness (QED) is 0.194. The number of hydrogen-bond acceptors (Lipinski definition) is 4. The van der Waals surface area contributed by atoms with Crippen molar-refractivity contribution >= 4 is 52.2 Å². The average Bonchev–Trinajstić information content (AvgIpc) is 2.94. The van der Waals surface area contributed by atoms with Crippen molar-refractivity contribution in [2.75, 3.05) is 10.6 Å². The molecular weight excluding hydrogens is 557 g/mol. The van der Waals surface area contributed by atoms with E-state index in [-0.39, 0.29) is 36.0 Å². The van der Waals surface area contributed by atoms with Crippen LogP contribution in [0.3, 0.4) is 0 Å². The summed E-state index contributed by atoms with van der Waals surface area (Å²) in [7, 11) is 0. The number of hydrogen-bond donors (Lipinski definition) is 3. The van der Waals surface area contributed by atoms with Crippen molar-refractivity contribution in [3.8, 4) is 0 Å². The lowest BCUT2D eigenvalue weighted by Gasteiger charge is -2.14. The summed E-state index contributed by atoms with van der Waals surface area (Å²) < 4.78 is 0. The number of ketones is 1. The van der Waals surface area contributed by atoms with Crippen molar-refractivity contribution in [3.63, 3.8) is 0 Å². The maximum absolute atomic E-state index is 12.5.